The van der Waals surface area contributed by atoms with Gasteiger partial charge >= 0.3 is 29.6 Å². The van der Waals surface area contributed by atoms with E-state index in [2.05, 4.69) is 0 Å². The van der Waals surface area contributed by atoms with Crippen molar-refractivity contribution in [2.75, 3.05) is 0 Å². The monoisotopic (exact) mass is 398 g/mol. The molecule has 140 valence electrons. The summed E-state index contributed by atoms with van der Waals surface area (Å²) in [6.07, 6.45) is 13.8. The first-order valence-electron chi connectivity index (χ1n) is 9.96. The maximum atomic E-state index is 14.5. The van der Waals surface area contributed by atoms with Crippen LogP contribution in [0.15, 0.2) is 0 Å². The summed E-state index contributed by atoms with van der Waals surface area (Å²) in [5, 5.41) is -0.795. The maximum Gasteiger partial charge on any atom is 1.00 e. The van der Waals surface area contributed by atoms with Crippen molar-refractivity contribution in [1.29, 1.82) is 0 Å². The van der Waals surface area contributed by atoms with Crippen LogP contribution in [0.3, 0.4) is 0 Å². The topological polar surface area (TPSA) is 74.3 Å². The maximum absolute atomic E-state index is 14.5. The minimum Gasteiger partial charge on any atom is -0.748 e. The van der Waals surface area contributed by atoms with Crippen LogP contribution in [0.1, 0.15) is 89.9 Å². The summed E-state index contributed by atoms with van der Waals surface area (Å²) in [4.78, 5) is 0. The van der Waals surface area contributed by atoms with Gasteiger partial charge in [0, 0.05) is 17.0 Å². The number of hydrogen-bond acceptors (Lipinski definition) is 4. The van der Waals surface area contributed by atoms with E-state index in [0.717, 1.165) is 64.2 Å². The van der Waals surface area contributed by atoms with Crippen LogP contribution >= 0.6 is 7.14 Å². The molecule has 3 aliphatic rings. The molecule has 7 heteroatoms. The summed E-state index contributed by atoms with van der Waals surface area (Å²) < 4.78 is 49.2. The predicted octanol–water partition coefficient (Wildman–Crippen LogP) is 1.88. The Labute approximate surface area is 175 Å². The molecule has 25 heavy (non-hydrogen) atoms. The van der Waals surface area contributed by atoms with E-state index in [9.17, 15) is 17.5 Å². The summed E-state index contributed by atoms with van der Waals surface area (Å²) in [5.41, 5.74) is 0.589. The molecule has 0 heterocycles. The Bertz CT molecular complexity index is 546. The summed E-state index contributed by atoms with van der Waals surface area (Å²) in [6.45, 7) is 0. The standard InChI is InChI=1S/C18H33O4PS.Na/c19-23(15-8-3-1-4-9-15,16-10-5-2-6-11-16)17-12-7-13-18(14-17)24(20,21)22;/h15-18H,1-14H2,(H,20,21,22);/q;+1/p-1. The van der Waals surface area contributed by atoms with Gasteiger partial charge in [-0.05, 0) is 44.9 Å². The molecule has 2 unspecified atom stereocenters. The van der Waals surface area contributed by atoms with Gasteiger partial charge in [-0.3, -0.25) is 0 Å². The first-order valence-corrected chi connectivity index (χ1v) is 13.3. The first kappa shape index (κ1) is 22.4. The average molecular weight is 398 g/mol. The van der Waals surface area contributed by atoms with Gasteiger partial charge < -0.3 is 9.12 Å². The van der Waals surface area contributed by atoms with Crippen LogP contribution in [0, 0.1) is 0 Å². The molecule has 0 radical (unpaired) electrons. The fourth-order valence-electron chi connectivity index (χ4n) is 5.61. The second-order valence-electron chi connectivity index (χ2n) is 8.28. The van der Waals surface area contributed by atoms with Crippen LogP contribution in [0.4, 0.5) is 0 Å². The quantitative estimate of drug-likeness (QED) is 0.412. The van der Waals surface area contributed by atoms with E-state index in [1.165, 1.54) is 12.8 Å². The van der Waals surface area contributed by atoms with E-state index in [1.54, 1.807) is 0 Å². The molecule has 0 bridgehead atoms. The second kappa shape index (κ2) is 9.56. The molecule has 0 aliphatic heterocycles. The van der Waals surface area contributed by atoms with Gasteiger partial charge in [-0.15, -0.1) is 0 Å². The largest absolute Gasteiger partial charge is 1.00 e. The summed E-state index contributed by atoms with van der Waals surface area (Å²) in [6, 6.07) is 0. The van der Waals surface area contributed by atoms with Crippen molar-refractivity contribution < 1.29 is 47.1 Å². The zero-order valence-corrected chi connectivity index (χ0v) is 19.4. The smallest absolute Gasteiger partial charge is 0.748 e. The van der Waals surface area contributed by atoms with E-state index in [4.69, 9.17) is 0 Å². The SMILES string of the molecule is O=P(C1CCCCC1)(C1CCCCC1)C1CCCC(S(=O)(=O)[O-])C1.[Na+]. The Balaban J connectivity index is 0.00000225. The van der Waals surface area contributed by atoms with Crippen molar-refractivity contribution in [2.24, 2.45) is 0 Å². The van der Waals surface area contributed by atoms with Gasteiger partial charge in [0.1, 0.15) is 0 Å². The third kappa shape index (κ3) is 5.15. The Morgan fingerprint density at radius 1 is 0.680 bits per heavy atom. The first-order chi connectivity index (χ1) is 11.4. The molecular formula is C18H32NaO4PS. The van der Waals surface area contributed by atoms with Crippen LogP contribution < -0.4 is 29.6 Å². The Morgan fingerprint density at radius 2 is 1.12 bits per heavy atom. The molecule has 0 N–H and O–H groups in total. The van der Waals surface area contributed by atoms with E-state index in [-0.39, 0.29) is 35.2 Å². The summed E-state index contributed by atoms with van der Waals surface area (Å²) in [7, 11) is -6.71. The van der Waals surface area contributed by atoms with Crippen LogP contribution in [0.25, 0.3) is 0 Å². The molecule has 0 spiro atoms. The molecule has 0 aromatic carbocycles. The fourth-order valence-corrected chi connectivity index (χ4v) is 12.0. The van der Waals surface area contributed by atoms with Gasteiger partial charge in [0.05, 0.1) is 22.5 Å². The zero-order chi connectivity index (χ0) is 17.2. The molecule has 0 saturated heterocycles. The van der Waals surface area contributed by atoms with Crippen LogP contribution in [-0.2, 0) is 14.7 Å². The van der Waals surface area contributed by atoms with Gasteiger partial charge in [-0.25, -0.2) is 8.42 Å². The van der Waals surface area contributed by atoms with Crippen LogP contribution in [0.5, 0.6) is 0 Å². The van der Waals surface area contributed by atoms with Gasteiger partial charge in [-0.1, -0.05) is 44.9 Å². The zero-order valence-electron chi connectivity index (χ0n) is 15.7. The Kier molecular flexibility index (Phi) is 8.58. The van der Waals surface area contributed by atoms with Gasteiger partial charge in [0.15, 0.2) is 0 Å². The molecule has 0 aromatic rings. The van der Waals surface area contributed by atoms with Crippen molar-refractivity contribution in [3.05, 3.63) is 0 Å². The third-order valence-electron chi connectivity index (χ3n) is 6.87. The molecule has 2 atom stereocenters. The van der Waals surface area contributed by atoms with Crippen molar-refractivity contribution >= 4 is 17.3 Å². The average Bonchev–Trinajstić information content (AvgIpc) is 2.62. The molecule has 0 amide bonds. The van der Waals surface area contributed by atoms with Gasteiger partial charge in [0.25, 0.3) is 0 Å². The Morgan fingerprint density at radius 3 is 1.56 bits per heavy atom. The molecule has 3 fully saturated rings. The van der Waals surface area contributed by atoms with Crippen molar-refractivity contribution in [1.82, 2.24) is 0 Å². The van der Waals surface area contributed by atoms with Crippen LogP contribution in [0.2, 0.25) is 0 Å². The van der Waals surface area contributed by atoms with E-state index < -0.39 is 22.5 Å². The summed E-state index contributed by atoms with van der Waals surface area (Å²) in [5.74, 6) is 0. The normalized spacial score (nSPS) is 30.6. The molecule has 3 rings (SSSR count). The molecule has 4 nitrogen and oxygen atoms in total. The van der Waals surface area contributed by atoms with Crippen LogP contribution in [-0.4, -0.2) is 35.2 Å². The predicted molar refractivity (Wildman–Crippen MR) is 97.1 cm³/mol. The number of hydrogen-bond donors (Lipinski definition) is 0. The van der Waals surface area contributed by atoms with Gasteiger partial charge in [0.2, 0.25) is 0 Å². The second-order valence-corrected chi connectivity index (χ2v) is 13.7. The van der Waals surface area contributed by atoms with Gasteiger partial charge in [-0.2, -0.15) is 0 Å². The molecule has 0 aromatic heterocycles. The fraction of sp³-hybridized carbons (Fsp3) is 1.00. The molecule has 3 aliphatic carbocycles. The molecule has 3 saturated carbocycles. The van der Waals surface area contributed by atoms with E-state index >= 15 is 0 Å². The Hall–Kier alpha value is 1.14. The van der Waals surface area contributed by atoms with Crippen molar-refractivity contribution in [3.8, 4) is 0 Å². The van der Waals surface area contributed by atoms with Crippen molar-refractivity contribution in [3.63, 3.8) is 0 Å². The molecular weight excluding hydrogens is 366 g/mol. The van der Waals surface area contributed by atoms with Crippen molar-refractivity contribution in [2.45, 2.75) is 112 Å². The minimum atomic E-state index is -4.25. The summed E-state index contributed by atoms with van der Waals surface area (Å²) >= 11 is 0. The van der Waals surface area contributed by atoms with E-state index in [1.807, 2.05) is 0 Å². The third-order valence-corrected chi connectivity index (χ3v) is 13.0. The number of rotatable bonds is 4. The minimum absolute atomic E-state index is 0. The van der Waals surface area contributed by atoms with E-state index in [0.29, 0.717) is 24.2 Å².